The number of hydrogen-bond acceptors (Lipinski definition) is 6. The Kier molecular flexibility index (Phi) is 7.06. The van der Waals surface area contributed by atoms with Crippen molar-refractivity contribution < 1.29 is 23.9 Å². The lowest BCUT2D eigenvalue weighted by atomic mass is 9.84. The average Bonchev–Trinajstić information content (AvgIpc) is 3.60. The Bertz CT molecular complexity index is 1010. The quantitative estimate of drug-likeness (QED) is 0.231. The van der Waals surface area contributed by atoms with Crippen molar-refractivity contribution in [3.05, 3.63) is 75.1 Å². The lowest BCUT2D eigenvalue weighted by molar-refractivity contribution is -0.984. The van der Waals surface area contributed by atoms with Crippen LogP contribution in [0.25, 0.3) is 0 Å². The zero-order valence-electron chi connectivity index (χ0n) is 19.3. The third kappa shape index (κ3) is 4.67. The predicted molar refractivity (Wildman–Crippen MR) is 135 cm³/mol. The summed E-state index contributed by atoms with van der Waals surface area (Å²) < 4.78 is 12.9. The molecule has 0 unspecified atom stereocenters. The van der Waals surface area contributed by atoms with Crippen molar-refractivity contribution in [2.45, 2.75) is 43.9 Å². The van der Waals surface area contributed by atoms with Gasteiger partial charge in [-0.2, -0.15) is 0 Å². The van der Waals surface area contributed by atoms with Gasteiger partial charge in [0.15, 0.2) is 0 Å². The number of benzene rings is 1. The number of aliphatic hydroxyl groups is 1. The number of piperidine rings is 3. The number of quaternary nitrogens is 1. The predicted octanol–water partition coefficient (Wildman–Crippen LogP) is 5.40. The highest BCUT2D eigenvalue weighted by atomic mass is 32.1. The highest BCUT2D eigenvalue weighted by molar-refractivity contribution is 7.12. The number of rotatable bonds is 10. The number of thiophene rings is 2. The van der Waals surface area contributed by atoms with Gasteiger partial charge in [0.1, 0.15) is 5.75 Å². The fourth-order valence-electron chi connectivity index (χ4n) is 5.43. The van der Waals surface area contributed by atoms with E-state index in [1.807, 2.05) is 65.4 Å². The number of carbonyl (C=O) groups excluding carboxylic acids is 1. The Morgan fingerprint density at radius 2 is 1.65 bits per heavy atom. The lowest BCUT2D eigenvalue weighted by Crippen LogP contribution is -2.66. The summed E-state index contributed by atoms with van der Waals surface area (Å²) in [6.45, 7) is 3.74. The van der Waals surface area contributed by atoms with Crippen LogP contribution in [0.3, 0.4) is 0 Å². The first-order valence-electron chi connectivity index (χ1n) is 12.2. The molecule has 1 aromatic carbocycles. The number of fused-ring (bicyclic) bond motifs is 3. The first kappa shape index (κ1) is 23.5. The number of hydrogen-bond donors (Lipinski definition) is 1. The van der Waals surface area contributed by atoms with E-state index in [9.17, 15) is 9.90 Å². The summed E-state index contributed by atoms with van der Waals surface area (Å²) in [5, 5.41) is 15.4. The van der Waals surface area contributed by atoms with Crippen LogP contribution in [-0.2, 0) is 15.1 Å². The summed E-state index contributed by atoms with van der Waals surface area (Å²) in [6.07, 6.45) is 5.06. The lowest BCUT2D eigenvalue weighted by Gasteiger charge is -2.53. The Hall–Kier alpha value is -2.19. The van der Waals surface area contributed by atoms with E-state index in [0.29, 0.717) is 22.3 Å². The van der Waals surface area contributed by atoms with E-state index >= 15 is 0 Å². The molecule has 3 fully saturated rings. The molecule has 5 nitrogen and oxygen atoms in total. The topological polar surface area (TPSA) is 55.8 Å². The van der Waals surface area contributed by atoms with Gasteiger partial charge < -0.3 is 14.6 Å². The highest BCUT2D eigenvalue weighted by Gasteiger charge is 2.52. The van der Waals surface area contributed by atoms with Crippen LogP contribution < -0.4 is 4.74 Å². The normalized spacial score (nSPS) is 24.1. The molecule has 1 N–H and O–H groups in total. The van der Waals surface area contributed by atoms with Gasteiger partial charge in [-0.05, 0) is 53.8 Å². The van der Waals surface area contributed by atoms with Crippen LogP contribution in [0.1, 0.15) is 41.9 Å². The third-order valence-corrected chi connectivity index (χ3v) is 9.37. The summed E-state index contributed by atoms with van der Waals surface area (Å²) >= 11 is 2.77. The molecule has 3 aliphatic heterocycles. The van der Waals surface area contributed by atoms with Crippen LogP contribution in [-0.4, -0.2) is 48.0 Å². The Balaban J connectivity index is 1.26. The molecule has 2 aromatic heterocycles. The molecule has 3 saturated heterocycles. The van der Waals surface area contributed by atoms with Crippen LogP contribution in [0.5, 0.6) is 5.75 Å². The number of ether oxygens (including phenoxy) is 2. The van der Waals surface area contributed by atoms with Gasteiger partial charge in [0.2, 0.25) is 11.8 Å². The molecule has 0 amide bonds. The van der Waals surface area contributed by atoms with Gasteiger partial charge >= 0.3 is 5.97 Å². The van der Waals surface area contributed by atoms with Gasteiger partial charge in [-0.3, -0.25) is 4.48 Å². The molecular weight excluding hydrogens is 466 g/mol. The number of unbranched alkanes of at least 4 members (excludes halogenated alkanes) is 1. The second-order valence-electron chi connectivity index (χ2n) is 9.46. The van der Waals surface area contributed by atoms with Crippen molar-refractivity contribution in [1.29, 1.82) is 0 Å². The molecule has 2 bridgehead atoms. The van der Waals surface area contributed by atoms with Crippen molar-refractivity contribution >= 4 is 28.6 Å². The van der Waals surface area contributed by atoms with Gasteiger partial charge in [-0.15, -0.1) is 22.7 Å². The van der Waals surface area contributed by atoms with Crippen molar-refractivity contribution in [2.75, 3.05) is 26.2 Å². The molecule has 5 heterocycles. The number of nitrogens with zero attached hydrogens (tertiary/aromatic N) is 1. The van der Waals surface area contributed by atoms with E-state index in [4.69, 9.17) is 9.47 Å². The number of carbonyl (C=O) groups is 1. The molecule has 0 spiro atoms. The maximum atomic E-state index is 13.6. The molecule has 7 heteroatoms. The molecule has 6 rings (SSSR count). The second-order valence-corrected chi connectivity index (χ2v) is 11.4. The Morgan fingerprint density at radius 3 is 2.26 bits per heavy atom. The standard InChI is InChI=1S/C27H32NO4S2/c29-26(27(30,23-10-6-18-33-23)24-11-7-19-34-24)32-25-20-21-12-15-28(25,16-13-21)14-4-5-17-31-22-8-2-1-3-9-22/h1-3,6-11,18-19,21,25,30H,4-5,12-17,20H2/q+1/t21?,25-,28?/m1/s1. The van der Waals surface area contributed by atoms with Gasteiger partial charge in [0.25, 0.3) is 0 Å². The van der Waals surface area contributed by atoms with Gasteiger partial charge in [-0.25, -0.2) is 4.79 Å². The first-order valence-corrected chi connectivity index (χ1v) is 13.9. The maximum Gasteiger partial charge on any atom is 0.353 e. The van der Waals surface area contributed by atoms with E-state index < -0.39 is 11.6 Å². The number of esters is 1. The first-order chi connectivity index (χ1) is 16.6. The summed E-state index contributed by atoms with van der Waals surface area (Å²) in [5.41, 5.74) is -1.74. The van der Waals surface area contributed by atoms with Crippen LogP contribution >= 0.6 is 22.7 Å². The van der Waals surface area contributed by atoms with E-state index in [-0.39, 0.29) is 6.23 Å². The average molecular weight is 499 g/mol. The Labute approximate surface area is 209 Å². The molecule has 1 atom stereocenters. The smallest absolute Gasteiger partial charge is 0.353 e. The maximum absolute atomic E-state index is 13.6. The van der Waals surface area contributed by atoms with E-state index in [1.54, 1.807) is 0 Å². The molecule has 0 aliphatic carbocycles. The van der Waals surface area contributed by atoms with Crippen LogP contribution in [0, 0.1) is 5.92 Å². The molecule has 34 heavy (non-hydrogen) atoms. The zero-order chi connectivity index (χ0) is 23.4. The van der Waals surface area contributed by atoms with Crippen LogP contribution in [0.2, 0.25) is 0 Å². The van der Waals surface area contributed by atoms with E-state index in [2.05, 4.69) is 0 Å². The number of para-hydroxylation sites is 1. The fourth-order valence-corrected chi connectivity index (χ4v) is 7.15. The van der Waals surface area contributed by atoms with Gasteiger partial charge in [0.05, 0.1) is 36.0 Å². The fraction of sp³-hybridized carbons (Fsp3) is 0.444. The molecular formula is C27H32NO4S2+. The van der Waals surface area contributed by atoms with Crippen molar-refractivity contribution in [2.24, 2.45) is 5.92 Å². The summed E-state index contributed by atoms with van der Waals surface area (Å²) in [7, 11) is 0. The molecule has 3 aliphatic rings. The van der Waals surface area contributed by atoms with E-state index in [0.717, 1.165) is 49.1 Å². The Morgan fingerprint density at radius 1 is 0.971 bits per heavy atom. The van der Waals surface area contributed by atoms with Gasteiger partial charge in [-0.1, -0.05) is 30.3 Å². The monoisotopic (exact) mass is 498 g/mol. The summed E-state index contributed by atoms with van der Waals surface area (Å²) in [6, 6.07) is 17.3. The minimum absolute atomic E-state index is 0.193. The third-order valence-electron chi connectivity index (χ3n) is 7.41. The molecule has 0 radical (unpaired) electrons. The van der Waals surface area contributed by atoms with E-state index in [1.165, 1.54) is 35.5 Å². The zero-order valence-corrected chi connectivity index (χ0v) is 20.9. The minimum atomic E-state index is -1.74. The second kappa shape index (κ2) is 10.2. The highest BCUT2D eigenvalue weighted by Crippen LogP contribution is 2.42. The molecule has 180 valence electrons. The molecule has 3 aromatic rings. The molecule has 0 saturated carbocycles. The van der Waals surface area contributed by atoms with Crippen molar-refractivity contribution in [3.63, 3.8) is 0 Å². The summed E-state index contributed by atoms with van der Waals surface area (Å²) in [4.78, 5) is 14.8. The summed E-state index contributed by atoms with van der Waals surface area (Å²) in [5.74, 6) is 0.970. The SMILES string of the molecule is O=C(O[C@@H]1CC2CC[N+]1(CCCCOc1ccccc1)CC2)C(O)(c1cccs1)c1cccs1. The van der Waals surface area contributed by atoms with Crippen molar-refractivity contribution in [3.8, 4) is 5.75 Å². The van der Waals surface area contributed by atoms with Gasteiger partial charge in [0, 0.05) is 19.3 Å². The minimum Gasteiger partial charge on any atom is -0.494 e. The van der Waals surface area contributed by atoms with Crippen molar-refractivity contribution in [1.82, 2.24) is 0 Å². The largest absolute Gasteiger partial charge is 0.494 e. The van der Waals surface area contributed by atoms with Crippen LogP contribution in [0.4, 0.5) is 0 Å². The van der Waals surface area contributed by atoms with Crippen LogP contribution in [0.15, 0.2) is 65.4 Å².